The lowest BCUT2D eigenvalue weighted by Gasteiger charge is -2.36. The quantitative estimate of drug-likeness (QED) is 0.416. The first-order valence-electron chi connectivity index (χ1n) is 12.2. The molecule has 3 rings (SSSR count). The Morgan fingerprint density at radius 1 is 0.917 bits per heavy atom. The molecule has 3 aromatic rings. The zero-order valence-corrected chi connectivity index (χ0v) is 22.2. The maximum atomic E-state index is 13.9. The summed E-state index contributed by atoms with van der Waals surface area (Å²) < 4.78 is 22.7. The molecule has 0 atom stereocenters. The third kappa shape index (κ3) is 5.93. The van der Waals surface area contributed by atoms with Crippen molar-refractivity contribution in [1.29, 1.82) is 0 Å². The van der Waals surface area contributed by atoms with Gasteiger partial charge in [0.2, 0.25) is 5.75 Å². The van der Waals surface area contributed by atoms with Gasteiger partial charge in [-0.3, -0.25) is 9.59 Å². The van der Waals surface area contributed by atoms with Crippen molar-refractivity contribution in [3.63, 3.8) is 0 Å². The number of carbonyl (C=O) groups excluding carboxylic acids is 1. The van der Waals surface area contributed by atoms with Crippen LogP contribution < -0.4 is 24.5 Å². The number of aromatic amines is 1. The van der Waals surface area contributed by atoms with Crippen LogP contribution in [0.25, 0.3) is 10.9 Å². The molecule has 1 heterocycles. The fourth-order valence-electron chi connectivity index (χ4n) is 3.93. The largest absolute Gasteiger partial charge is 0.497 e. The Bertz CT molecular complexity index is 1250. The molecule has 1 aromatic heterocycles. The molecule has 0 radical (unpaired) electrons. The van der Waals surface area contributed by atoms with E-state index in [0.29, 0.717) is 59.5 Å². The van der Waals surface area contributed by atoms with E-state index in [1.807, 2.05) is 47.6 Å². The van der Waals surface area contributed by atoms with Gasteiger partial charge in [0.25, 0.3) is 11.5 Å². The Balaban J connectivity index is 2.07. The Labute approximate surface area is 212 Å². The molecule has 36 heavy (non-hydrogen) atoms. The van der Waals surface area contributed by atoms with Gasteiger partial charge in [0, 0.05) is 27.6 Å². The first-order chi connectivity index (χ1) is 17.1. The van der Waals surface area contributed by atoms with Gasteiger partial charge in [-0.25, -0.2) is 0 Å². The lowest BCUT2D eigenvalue weighted by Crippen LogP contribution is -2.46. The van der Waals surface area contributed by atoms with Crippen LogP contribution in [0, 0.1) is 0 Å². The molecular formula is C28H36N2O6. The summed E-state index contributed by atoms with van der Waals surface area (Å²) in [5, 5.41) is 0.823. The average Bonchev–Trinajstić information content (AvgIpc) is 2.83. The summed E-state index contributed by atoms with van der Waals surface area (Å²) in [6.07, 6.45) is 0. The number of hydrogen-bond donors (Lipinski definition) is 1. The monoisotopic (exact) mass is 496 g/mol. The van der Waals surface area contributed by atoms with Crippen LogP contribution in [0.3, 0.4) is 0 Å². The van der Waals surface area contributed by atoms with Crippen molar-refractivity contribution in [1.82, 2.24) is 9.88 Å². The van der Waals surface area contributed by atoms with Gasteiger partial charge in [-0.2, -0.15) is 0 Å². The maximum Gasteiger partial charge on any atom is 0.254 e. The number of benzene rings is 2. The third-order valence-electron chi connectivity index (χ3n) is 5.67. The Morgan fingerprint density at radius 2 is 1.53 bits per heavy atom. The number of ether oxygens (including phenoxy) is 4. The van der Waals surface area contributed by atoms with E-state index in [-0.39, 0.29) is 18.0 Å². The fourth-order valence-corrected chi connectivity index (χ4v) is 3.93. The summed E-state index contributed by atoms with van der Waals surface area (Å²) in [5.41, 5.74) is 0.737. The van der Waals surface area contributed by atoms with Crippen LogP contribution in [0.5, 0.6) is 23.0 Å². The van der Waals surface area contributed by atoms with Gasteiger partial charge in [0.15, 0.2) is 11.5 Å². The summed E-state index contributed by atoms with van der Waals surface area (Å²) in [4.78, 5) is 31.4. The highest BCUT2D eigenvalue weighted by molar-refractivity contribution is 5.96. The molecule has 0 unspecified atom stereocenters. The highest BCUT2D eigenvalue weighted by atomic mass is 16.5. The number of fused-ring (bicyclic) bond motifs is 1. The van der Waals surface area contributed by atoms with E-state index < -0.39 is 5.54 Å². The van der Waals surface area contributed by atoms with Crippen molar-refractivity contribution in [3.8, 4) is 23.0 Å². The van der Waals surface area contributed by atoms with Gasteiger partial charge in [-0.1, -0.05) is 0 Å². The van der Waals surface area contributed by atoms with Crippen LogP contribution >= 0.6 is 0 Å². The van der Waals surface area contributed by atoms with E-state index in [0.717, 1.165) is 5.39 Å². The lowest BCUT2D eigenvalue weighted by atomic mass is 10.0. The van der Waals surface area contributed by atoms with Gasteiger partial charge >= 0.3 is 0 Å². The summed E-state index contributed by atoms with van der Waals surface area (Å²) in [7, 11) is 1.59. The molecule has 0 aliphatic rings. The number of amides is 1. The van der Waals surface area contributed by atoms with Crippen molar-refractivity contribution in [2.24, 2.45) is 0 Å². The van der Waals surface area contributed by atoms with Gasteiger partial charge < -0.3 is 28.8 Å². The molecule has 0 saturated carbocycles. The summed E-state index contributed by atoms with van der Waals surface area (Å²) in [5.74, 6) is 1.79. The van der Waals surface area contributed by atoms with Crippen molar-refractivity contribution >= 4 is 16.8 Å². The number of hydrogen-bond acceptors (Lipinski definition) is 6. The van der Waals surface area contributed by atoms with Crippen LogP contribution in [0.2, 0.25) is 0 Å². The number of methoxy groups -OCH3 is 1. The predicted molar refractivity (Wildman–Crippen MR) is 141 cm³/mol. The van der Waals surface area contributed by atoms with Crippen LogP contribution in [0.1, 0.15) is 57.5 Å². The van der Waals surface area contributed by atoms with Gasteiger partial charge in [0.1, 0.15) is 5.75 Å². The number of carbonyl (C=O) groups is 1. The molecular weight excluding hydrogens is 460 g/mol. The van der Waals surface area contributed by atoms with Crippen molar-refractivity contribution < 1.29 is 23.7 Å². The molecule has 0 bridgehead atoms. The minimum Gasteiger partial charge on any atom is -0.497 e. The van der Waals surface area contributed by atoms with Crippen LogP contribution in [-0.4, -0.2) is 48.3 Å². The minimum absolute atomic E-state index is 0.117. The lowest BCUT2D eigenvalue weighted by molar-refractivity contribution is 0.0557. The van der Waals surface area contributed by atoms with E-state index in [1.54, 1.807) is 42.3 Å². The normalized spacial score (nSPS) is 11.3. The molecule has 0 aliphatic carbocycles. The molecule has 194 valence electrons. The highest BCUT2D eigenvalue weighted by Crippen LogP contribution is 2.40. The second kappa shape index (κ2) is 11.4. The van der Waals surface area contributed by atoms with Gasteiger partial charge in [0.05, 0.1) is 33.5 Å². The molecule has 8 nitrogen and oxygen atoms in total. The van der Waals surface area contributed by atoms with Gasteiger partial charge in [-0.15, -0.1) is 0 Å². The molecule has 0 aliphatic heterocycles. The van der Waals surface area contributed by atoms with Crippen molar-refractivity contribution in [2.75, 3.05) is 26.9 Å². The van der Waals surface area contributed by atoms with Crippen molar-refractivity contribution in [3.05, 3.63) is 57.9 Å². The number of nitrogens with one attached hydrogen (secondary N) is 1. The predicted octanol–water partition coefficient (Wildman–Crippen LogP) is 5.17. The Hall–Kier alpha value is -3.68. The molecule has 1 N–H and O–H groups in total. The van der Waals surface area contributed by atoms with E-state index in [4.69, 9.17) is 18.9 Å². The minimum atomic E-state index is -0.580. The van der Waals surface area contributed by atoms with Gasteiger partial charge in [-0.05, 0) is 77.9 Å². The molecule has 0 spiro atoms. The zero-order valence-electron chi connectivity index (χ0n) is 22.2. The van der Waals surface area contributed by atoms with Crippen molar-refractivity contribution in [2.45, 2.75) is 53.6 Å². The summed E-state index contributed by atoms with van der Waals surface area (Å²) >= 11 is 0. The first kappa shape index (κ1) is 26.9. The third-order valence-corrected chi connectivity index (χ3v) is 5.67. The highest BCUT2D eigenvalue weighted by Gasteiger charge is 2.30. The smallest absolute Gasteiger partial charge is 0.254 e. The fraction of sp³-hybridized carbons (Fsp3) is 0.429. The number of H-pyrrole nitrogens is 1. The zero-order chi connectivity index (χ0) is 26.5. The number of pyridine rings is 1. The van der Waals surface area contributed by atoms with E-state index >= 15 is 0 Å². The number of rotatable bonds is 10. The summed E-state index contributed by atoms with van der Waals surface area (Å²) in [6, 6.07) is 10.6. The van der Waals surface area contributed by atoms with Crippen LogP contribution in [-0.2, 0) is 6.54 Å². The average molecular weight is 497 g/mol. The molecule has 0 fully saturated rings. The standard InChI is InChI=1S/C28H36N2O6/c1-8-34-23-15-19(16-24(35-9-2)25(23)36-10-3)27(32)30(28(4,5)6)17-20-13-18-14-21(33-7)11-12-22(18)29-26(20)31/h11-16H,8-10,17H2,1-7H3,(H,29,31). The molecule has 2 aromatic carbocycles. The maximum absolute atomic E-state index is 13.9. The van der Waals surface area contributed by atoms with E-state index in [1.165, 1.54) is 0 Å². The first-order valence-corrected chi connectivity index (χ1v) is 12.2. The second-order valence-electron chi connectivity index (χ2n) is 9.24. The SMILES string of the molecule is CCOc1cc(C(=O)N(Cc2cc3cc(OC)ccc3[nH]c2=O)C(C)(C)C)cc(OCC)c1OCC. The second-order valence-corrected chi connectivity index (χ2v) is 9.24. The van der Waals surface area contributed by atoms with Crippen LogP contribution in [0.15, 0.2) is 41.2 Å². The topological polar surface area (TPSA) is 90.1 Å². The Morgan fingerprint density at radius 3 is 2.06 bits per heavy atom. The number of aromatic nitrogens is 1. The van der Waals surface area contributed by atoms with E-state index in [2.05, 4.69) is 4.98 Å². The molecule has 8 heteroatoms. The summed E-state index contributed by atoms with van der Waals surface area (Å²) in [6.45, 7) is 12.8. The number of nitrogens with zero attached hydrogens (tertiary/aromatic N) is 1. The van der Waals surface area contributed by atoms with Crippen LogP contribution in [0.4, 0.5) is 0 Å². The molecule has 1 amide bonds. The molecule has 0 saturated heterocycles. The van der Waals surface area contributed by atoms with E-state index in [9.17, 15) is 9.59 Å². The Kier molecular flexibility index (Phi) is 8.50.